The summed E-state index contributed by atoms with van der Waals surface area (Å²) < 4.78 is 38.0. The van der Waals surface area contributed by atoms with Gasteiger partial charge in [-0.3, -0.25) is 4.98 Å². The SMILES string of the molecule is Cc1nc(-c2cccnc2)nc(NCCNc2ncc(C(F)(F)F)cc2Cl)c1Cl. The van der Waals surface area contributed by atoms with Gasteiger partial charge in [0.05, 0.1) is 16.3 Å². The number of nitrogens with zero attached hydrogens (tertiary/aromatic N) is 4. The Morgan fingerprint density at radius 1 is 1.03 bits per heavy atom. The van der Waals surface area contributed by atoms with E-state index in [0.717, 1.165) is 17.8 Å². The van der Waals surface area contributed by atoms with E-state index in [1.54, 1.807) is 25.4 Å². The van der Waals surface area contributed by atoms with E-state index in [1.165, 1.54) is 0 Å². The van der Waals surface area contributed by atoms with E-state index in [9.17, 15) is 13.2 Å². The van der Waals surface area contributed by atoms with Crippen LogP contribution >= 0.6 is 23.2 Å². The van der Waals surface area contributed by atoms with Crippen molar-refractivity contribution < 1.29 is 13.2 Å². The smallest absolute Gasteiger partial charge is 0.367 e. The summed E-state index contributed by atoms with van der Waals surface area (Å²) in [5.74, 6) is 1.07. The number of pyridine rings is 2. The molecule has 3 aromatic rings. The first-order valence-corrected chi connectivity index (χ1v) is 9.16. The number of anilines is 2. The summed E-state index contributed by atoms with van der Waals surface area (Å²) in [4.78, 5) is 16.5. The number of rotatable bonds is 6. The second kappa shape index (κ2) is 8.79. The minimum absolute atomic E-state index is 0.116. The summed E-state index contributed by atoms with van der Waals surface area (Å²) >= 11 is 12.1. The number of hydrogen-bond acceptors (Lipinski definition) is 6. The Labute approximate surface area is 174 Å². The predicted molar refractivity (Wildman–Crippen MR) is 106 cm³/mol. The molecule has 3 rings (SSSR count). The largest absolute Gasteiger partial charge is 0.417 e. The molecule has 0 saturated carbocycles. The van der Waals surface area contributed by atoms with Gasteiger partial charge in [0.2, 0.25) is 0 Å². The van der Waals surface area contributed by atoms with E-state index in [1.807, 2.05) is 6.07 Å². The first-order chi connectivity index (χ1) is 13.8. The van der Waals surface area contributed by atoms with Crippen molar-refractivity contribution in [2.45, 2.75) is 13.1 Å². The van der Waals surface area contributed by atoms with Crippen LogP contribution in [0.15, 0.2) is 36.8 Å². The highest BCUT2D eigenvalue weighted by molar-refractivity contribution is 6.33. The van der Waals surface area contributed by atoms with Crippen LogP contribution in [0.1, 0.15) is 11.3 Å². The standard InChI is InChI=1S/C18H15Cl2F3N6/c1-10-14(20)17(29-15(28-10)11-3-2-4-24-8-11)26-6-5-25-16-13(19)7-12(9-27-16)18(21,22)23/h2-4,7-9H,5-6H2,1H3,(H,25,27)(H,26,28,29). The third kappa shape index (κ3) is 5.24. The van der Waals surface area contributed by atoms with E-state index >= 15 is 0 Å². The van der Waals surface area contributed by atoms with Crippen molar-refractivity contribution in [3.05, 3.63) is 58.1 Å². The van der Waals surface area contributed by atoms with E-state index < -0.39 is 11.7 Å². The molecule has 0 spiro atoms. The lowest BCUT2D eigenvalue weighted by atomic mass is 10.2. The number of aryl methyl sites for hydroxylation is 1. The van der Waals surface area contributed by atoms with Crippen LogP contribution in [0, 0.1) is 6.92 Å². The third-order valence-electron chi connectivity index (χ3n) is 3.82. The van der Waals surface area contributed by atoms with Gasteiger partial charge in [0.1, 0.15) is 16.7 Å². The maximum Gasteiger partial charge on any atom is 0.417 e. The van der Waals surface area contributed by atoms with Crippen molar-refractivity contribution in [3.8, 4) is 11.4 Å². The molecule has 29 heavy (non-hydrogen) atoms. The van der Waals surface area contributed by atoms with Gasteiger partial charge in [0.15, 0.2) is 5.82 Å². The number of halogens is 5. The van der Waals surface area contributed by atoms with Gasteiger partial charge in [-0.1, -0.05) is 23.2 Å². The third-order valence-corrected chi connectivity index (χ3v) is 4.56. The Morgan fingerprint density at radius 2 is 1.76 bits per heavy atom. The van der Waals surface area contributed by atoms with E-state index in [2.05, 4.69) is 30.6 Å². The summed E-state index contributed by atoms with van der Waals surface area (Å²) in [6.07, 6.45) is -0.472. The molecule has 0 amide bonds. The van der Waals surface area contributed by atoms with Crippen molar-refractivity contribution in [3.63, 3.8) is 0 Å². The summed E-state index contributed by atoms with van der Waals surface area (Å²) in [5, 5.41) is 6.21. The Balaban J connectivity index is 1.64. The van der Waals surface area contributed by atoms with Crippen LogP contribution in [-0.4, -0.2) is 33.0 Å². The zero-order valence-corrected chi connectivity index (χ0v) is 16.6. The molecule has 0 radical (unpaired) electrons. The number of nitrogens with one attached hydrogen (secondary N) is 2. The van der Waals surface area contributed by atoms with Crippen molar-refractivity contribution >= 4 is 34.8 Å². The molecule has 152 valence electrons. The molecule has 0 saturated heterocycles. The molecule has 6 nitrogen and oxygen atoms in total. The zero-order valence-electron chi connectivity index (χ0n) is 15.1. The Bertz CT molecular complexity index is 999. The van der Waals surface area contributed by atoms with Gasteiger partial charge in [0.25, 0.3) is 0 Å². The minimum atomic E-state index is -4.50. The first kappa shape index (κ1) is 21.1. The second-order valence-corrected chi connectivity index (χ2v) is 6.73. The number of aromatic nitrogens is 4. The Kier molecular flexibility index (Phi) is 6.39. The van der Waals surface area contributed by atoms with Gasteiger partial charge in [-0.15, -0.1) is 0 Å². The molecule has 0 unspecified atom stereocenters. The van der Waals surface area contributed by atoms with Gasteiger partial charge in [-0.05, 0) is 25.1 Å². The first-order valence-electron chi connectivity index (χ1n) is 8.40. The molecule has 0 aliphatic heterocycles. The second-order valence-electron chi connectivity index (χ2n) is 5.94. The molecule has 2 N–H and O–H groups in total. The van der Waals surface area contributed by atoms with Crippen LogP contribution in [0.2, 0.25) is 10.0 Å². The van der Waals surface area contributed by atoms with Crippen LogP contribution in [0.3, 0.4) is 0 Å². The summed E-state index contributed by atoms with van der Waals surface area (Å²) in [7, 11) is 0. The fourth-order valence-electron chi connectivity index (χ4n) is 2.39. The zero-order chi connectivity index (χ0) is 21.0. The van der Waals surface area contributed by atoms with Crippen LogP contribution in [-0.2, 0) is 6.18 Å². The molecular weight excluding hydrogens is 428 g/mol. The fraction of sp³-hybridized carbons (Fsp3) is 0.222. The average molecular weight is 443 g/mol. The molecule has 0 aromatic carbocycles. The lowest BCUT2D eigenvalue weighted by molar-refractivity contribution is -0.137. The minimum Gasteiger partial charge on any atom is -0.367 e. The molecular formula is C18H15Cl2F3N6. The van der Waals surface area contributed by atoms with Crippen molar-refractivity contribution in [2.75, 3.05) is 23.7 Å². The monoisotopic (exact) mass is 442 g/mol. The Hall–Kier alpha value is -2.65. The lowest BCUT2D eigenvalue weighted by Gasteiger charge is -2.13. The van der Waals surface area contributed by atoms with Crippen LogP contribution in [0.25, 0.3) is 11.4 Å². The molecule has 3 heterocycles. The molecule has 0 fully saturated rings. The number of hydrogen-bond donors (Lipinski definition) is 2. The quantitative estimate of drug-likeness (QED) is 0.517. The summed E-state index contributed by atoms with van der Waals surface area (Å²) in [6, 6.07) is 4.44. The summed E-state index contributed by atoms with van der Waals surface area (Å²) in [5.41, 5.74) is 0.440. The maximum atomic E-state index is 12.7. The van der Waals surface area contributed by atoms with Crippen molar-refractivity contribution in [1.82, 2.24) is 19.9 Å². The molecule has 0 aliphatic rings. The van der Waals surface area contributed by atoms with Crippen LogP contribution < -0.4 is 10.6 Å². The lowest BCUT2D eigenvalue weighted by Crippen LogP contribution is -2.16. The predicted octanol–water partition coefficient (Wildman–Crippen LogP) is 5.09. The van der Waals surface area contributed by atoms with E-state index in [0.29, 0.717) is 35.4 Å². The maximum absolute atomic E-state index is 12.7. The molecule has 3 aromatic heterocycles. The molecule has 0 bridgehead atoms. The average Bonchev–Trinajstić information content (AvgIpc) is 2.69. The fourth-order valence-corrected chi connectivity index (χ4v) is 2.77. The van der Waals surface area contributed by atoms with Gasteiger partial charge >= 0.3 is 6.18 Å². The van der Waals surface area contributed by atoms with Gasteiger partial charge < -0.3 is 10.6 Å². The highest BCUT2D eigenvalue weighted by Gasteiger charge is 2.31. The number of alkyl halides is 3. The highest BCUT2D eigenvalue weighted by Crippen LogP contribution is 2.32. The molecule has 0 aliphatic carbocycles. The van der Waals surface area contributed by atoms with Crippen LogP contribution in [0.5, 0.6) is 0 Å². The highest BCUT2D eigenvalue weighted by atomic mass is 35.5. The van der Waals surface area contributed by atoms with Crippen LogP contribution in [0.4, 0.5) is 24.8 Å². The van der Waals surface area contributed by atoms with Crippen molar-refractivity contribution in [1.29, 1.82) is 0 Å². The Morgan fingerprint density at radius 3 is 2.38 bits per heavy atom. The normalized spacial score (nSPS) is 11.4. The summed E-state index contributed by atoms with van der Waals surface area (Å²) in [6.45, 7) is 2.45. The molecule has 11 heteroatoms. The molecule has 0 atom stereocenters. The van der Waals surface area contributed by atoms with E-state index in [-0.39, 0.29) is 10.8 Å². The van der Waals surface area contributed by atoms with Gasteiger partial charge in [-0.2, -0.15) is 13.2 Å². The van der Waals surface area contributed by atoms with Gasteiger partial charge in [0, 0.05) is 37.2 Å². The topological polar surface area (TPSA) is 75.6 Å². The van der Waals surface area contributed by atoms with E-state index in [4.69, 9.17) is 23.2 Å². The van der Waals surface area contributed by atoms with Gasteiger partial charge in [-0.25, -0.2) is 15.0 Å². The van der Waals surface area contributed by atoms with Crippen molar-refractivity contribution in [2.24, 2.45) is 0 Å².